The van der Waals surface area contributed by atoms with Crippen LogP contribution in [-0.4, -0.2) is 4.98 Å². The number of hydrogen-bond donors (Lipinski definition) is 0. The minimum absolute atomic E-state index is 0. The quantitative estimate of drug-likeness (QED) is 0.751. The molecule has 0 atom stereocenters. The molecular formula is C10H11N2Y-. The van der Waals surface area contributed by atoms with Gasteiger partial charge in [0.1, 0.15) is 0 Å². The Hall–Kier alpha value is -0.256. The summed E-state index contributed by atoms with van der Waals surface area (Å²) in [5.74, 6) is 0.452. The minimum atomic E-state index is 0. The second-order valence-electron chi connectivity index (χ2n) is 2.98. The van der Waals surface area contributed by atoms with Crippen molar-refractivity contribution in [2.24, 2.45) is 0 Å². The van der Waals surface area contributed by atoms with Crippen molar-refractivity contribution in [3.8, 4) is 6.07 Å². The van der Waals surface area contributed by atoms with Gasteiger partial charge in [-0.1, -0.05) is 25.7 Å². The first kappa shape index (κ1) is 12.7. The molecule has 0 saturated heterocycles. The smallest absolute Gasteiger partial charge is 0.0557 e. The van der Waals surface area contributed by atoms with Crippen LogP contribution < -0.4 is 0 Å². The van der Waals surface area contributed by atoms with E-state index in [1.165, 1.54) is 0 Å². The monoisotopic (exact) mass is 248 g/mol. The van der Waals surface area contributed by atoms with Gasteiger partial charge >= 0.3 is 0 Å². The van der Waals surface area contributed by atoms with E-state index in [0.717, 1.165) is 11.3 Å². The van der Waals surface area contributed by atoms with Crippen molar-refractivity contribution in [1.29, 1.82) is 5.26 Å². The Labute approximate surface area is 104 Å². The summed E-state index contributed by atoms with van der Waals surface area (Å²) in [6.07, 6.45) is 2.16. The van der Waals surface area contributed by atoms with Gasteiger partial charge in [0.05, 0.1) is 6.07 Å². The van der Waals surface area contributed by atoms with Gasteiger partial charge < -0.3 is 4.98 Å². The van der Waals surface area contributed by atoms with Gasteiger partial charge in [-0.3, -0.25) is 0 Å². The van der Waals surface area contributed by atoms with Gasteiger partial charge in [0, 0.05) is 39.1 Å². The summed E-state index contributed by atoms with van der Waals surface area (Å²) in [6.45, 7) is 4.19. The Bertz CT molecular complexity index is 285. The third-order valence-corrected chi connectivity index (χ3v) is 1.66. The van der Waals surface area contributed by atoms with E-state index in [9.17, 15) is 0 Å². The van der Waals surface area contributed by atoms with Gasteiger partial charge in [-0.2, -0.15) is 17.4 Å². The standard InChI is InChI=1S/C10H11N2.Y/c1-8(2)9-3-4-10(5-6-11)12-7-9;/h4,7-8H,5H2,1-2H3;/q-1;. The summed E-state index contributed by atoms with van der Waals surface area (Å²) in [4.78, 5) is 4.14. The molecule has 0 bridgehead atoms. The maximum atomic E-state index is 8.39. The predicted molar refractivity (Wildman–Crippen MR) is 46.5 cm³/mol. The van der Waals surface area contributed by atoms with Crippen LogP contribution in [0.5, 0.6) is 0 Å². The molecule has 13 heavy (non-hydrogen) atoms. The zero-order valence-electron chi connectivity index (χ0n) is 7.91. The Morgan fingerprint density at radius 3 is 2.69 bits per heavy atom. The SMILES string of the molecule is CC(C)c1[c-]cc(CC#N)nc1.[Y]. The number of nitrogens with zero attached hydrogens (tertiary/aromatic N) is 2. The molecule has 0 unspecified atom stereocenters. The largest absolute Gasteiger partial charge is 0.386 e. The maximum Gasteiger partial charge on any atom is 0.0557 e. The number of nitriles is 1. The maximum absolute atomic E-state index is 8.39. The average molecular weight is 248 g/mol. The second kappa shape index (κ2) is 6.24. The van der Waals surface area contributed by atoms with E-state index in [1.54, 1.807) is 12.3 Å². The van der Waals surface area contributed by atoms with Gasteiger partial charge in [0.15, 0.2) is 0 Å². The molecular weight excluding hydrogens is 237 g/mol. The third-order valence-electron chi connectivity index (χ3n) is 1.66. The van der Waals surface area contributed by atoms with Crippen LogP contribution in [0.15, 0.2) is 12.3 Å². The molecule has 0 aromatic carbocycles. The molecule has 0 aliphatic carbocycles. The summed E-state index contributed by atoms with van der Waals surface area (Å²) in [5.41, 5.74) is 1.89. The normalized spacial score (nSPS) is 9.08. The summed E-state index contributed by atoms with van der Waals surface area (Å²) in [7, 11) is 0. The number of hydrogen-bond acceptors (Lipinski definition) is 2. The van der Waals surface area contributed by atoms with Crippen LogP contribution in [-0.2, 0) is 39.1 Å². The van der Waals surface area contributed by atoms with Gasteiger partial charge in [0.2, 0.25) is 0 Å². The summed E-state index contributed by atoms with van der Waals surface area (Å²) in [6, 6.07) is 6.95. The Kier molecular flexibility index (Phi) is 6.11. The van der Waals surface area contributed by atoms with Crippen LogP contribution in [0.4, 0.5) is 0 Å². The van der Waals surface area contributed by atoms with E-state index in [1.807, 2.05) is 0 Å². The van der Waals surface area contributed by atoms with Crippen molar-refractivity contribution in [3.05, 3.63) is 29.6 Å². The third kappa shape index (κ3) is 3.98. The molecule has 2 nitrogen and oxygen atoms in total. The van der Waals surface area contributed by atoms with Crippen molar-refractivity contribution in [3.63, 3.8) is 0 Å². The van der Waals surface area contributed by atoms with E-state index in [0.29, 0.717) is 12.3 Å². The van der Waals surface area contributed by atoms with Gasteiger partial charge in [-0.15, -0.1) is 5.56 Å². The molecule has 0 fully saturated rings. The molecule has 0 N–H and O–H groups in total. The zero-order chi connectivity index (χ0) is 8.97. The van der Waals surface area contributed by atoms with Crippen molar-refractivity contribution in [2.75, 3.05) is 0 Å². The Morgan fingerprint density at radius 2 is 2.31 bits per heavy atom. The molecule has 0 spiro atoms. The molecule has 0 aliphatic heterocycles. The van der Waals surface area contributed by atoms with Crippen molar-refractivity contribution >= 4 is 0 Å². The fourth-order valence-corrected chi connectivity index (χ4v) is 0.887. The van der Waals surface area contributed by atoms with Gasteiger partial charge in [0.25, 0.3) is 0 Å². The van der Waals surface area contributed by atoms with E-state index in [2.05, 4.69) is 31.0 Å². The van der Waals surface area contributed by atoms with Crippen molar-refractivity contribution < 1.29 is 32.7 Å². The van der Waals surface area contributed by atoms with E-state index in [-0.39, 0.29) is 32.7 Å². The molecule has 65 valence electrons. The molecule has 1 radical (unpaired) electrons. The fourth-order valence-electron chi connectivity index (χ4n) is 0.887. The van der Waals surface area contributed by atoms with Crippen molar-refractivity contribution in [1.82, 2.24) is 4.98 Å². The number of pyridine rings is 1. The van der Waals surface area contributed by atoms with Gasteiger partial charge in [-0.25, -0.2) is 0 Å². The molecule has 1 aromatic rings. The van der Waals surface area contributed by atoms with E-state index < -0.39 is 0 Å². The summed E-state index contributed by atoms with van der Waals surface area (Å²) in [5, 5.41) is 8.39. The average Bonchev–Trinajstić information content (AvgIpc) is 2.06. The number of aromatic nitrogens is 1. The van der Waals surface area contributed by atoms with Crippen LogP contribution in [0.25, 0.3) is 0 Å². The summed E-state index contributed by atoms with van der Waals surface area (Å²) < 4.78 is 0. The zero-order valence-corrected chi connectivity index (χ0v) is 10.7. The molecule has 0 amide bonds. The molecule has 1 rings (SSSR count). The fraction of sp³-hybridized carbons (Fsp3) is 0.400. The van der Waals surface area contributed by atoms with Crippen LogP contribution in [0.2, 0.25) is 0 Å². The van der Waals surface area contributed by atoms with Crippen LogP contribution in [0.1, 0.15) is 31.0 Å². The topological polar surface area (TPSA) is 36.7 Å². The molecule has 0 aliphatic rings. The van der Waals surface area contributed by atoms with E-state index >= 15 is 0 Å². The molecule has 1 aromatic heterocycles. The first-order valence-corrected chi connectivity index (χ1v) is 3.97. The predicted octanol–water partition coefficient (Wildman–Crippen LogP) is 2.07. The first-order chi connectivity index (χ1) is 5.74. The summed E-state index contributed by atoms with van der Waals surface area (Å²) >= 11 is 0. The van der Waals surface area contributed by atoms with E-state index in [4.69, 9.17) is 5.26 Å². The van der Waals surface area contributed by atoms with Gasteiger partial charge in [-0.05, 0) is 5.92 Å². The molecule has 0 saturated carbocycles. The minimum Gasteiger partial charge on any atom is -0.386 e. The number of rotatable bonds is 2. The van der Waals surface area contributed by atoms with Crippen LogP contribution in [0.3, 0.4) is 0 Å². The Balaban J connectivity index is 0.00000144. The van der Waals surface area contributed by atoms with Crippen LogP contribution >= 0.6 is 0 Å². The first-order valence-electron chi connectivity index (χ1n) is 3.97. The second-order valence-corrected chi connectivity index (χ2v) is 2.98. The molecule has 1 heterocycles. The molecule has 3 heteroatoms. The van der Waals surface area contributed by atoms with Crippen LogP contribution in [0, 0.1) is 17.4 Å². The van der Waals surface area contributed by atoms with Crippen molar-refractivity contribution in [2.45, 2.75) is 26.2 Å². The Morgan fingerprint density at radius 1 is 1.62 bits per heavy atom.